The van der Waals surface area contributed by atoms with Crippen molar-refractivity contribution in [3.63, 3.8) is 0 Å². The van der Waals surface area contributed by atoms with Crippen molar-refractivity contribution in [3.05, 3.63) is 0 Å². The normalized spacial score (nSPS) is 20.1. The monoisotopic (exact) mass is 230 g/mol. The Morgan fingerprint density at radius 1 is 1.25 bits per heavy atom. The molecule has 1 rings (SSSR count). The standard InChI is InChI=1S/C9H18N4O3/c1-7(8(14)15)10-9(16)11-13-5-3-12(2)4-6-13/h7H,3-6H2,1-2H3,(H,14,15)(H2,10,11,16)/t7-/m0/s1. The minimum Gasteiger partial charge on any atom is -0.480 e. The number of carboxylic acids is 1. The molecule has 0 unspecified atom stereocenters. The molecule has 0 aliphatic carbocycles. The summed E-state index contributed by atoms with van der Waals surface area (Å²) >= 11 is 0. The molecule has 0 aromatic heterocycles. The summed E-state index contributed by atoms with van der Waals surface area (Å²) in [7, 11) is 2.02. The lowest BCUT2D eigenvalue weighted by molar-refractivity contribution is -0.138. The zero-order valence-corrected chi connectivity index (χ0v) is 9.56. The van der Waals surface area contributed by atoms with E-state index in [1.807, 2.05) is 7.05 Å². The molecule has 0 spiro atoms. The predicted octanol–water partition coefficient (Wildman–Crippen LogP) is -1.08. The third-order valence-corrected chi connectivity index (χ3v) is 2.48. The van der Waals surface area contributed by atoms with Gasteiger partial charge in [0.15, 0.2) is 0 Å². The molecule has 1 saturated heterocycles. The fourth-order valence-corrected chi connectivity index (χ4v) is 1.35. The van der Waals surface area contributed by atoms with Gasteiger partial charge in [-0.25, -0.2) is 9.80 Å². The third-order valence-electron chi connectivity index (χ3n) is 2.48. The maximum absolute atomic E-state index is 11.4. The quantitative estimate of drug-likeness (QED) is 0.574. The first kappa shape index (κ1) is 12.7. The number of nitrogens with one attached hydrogen (secondary N) is 2. The number of carbonyl (C=O) groups excluding carboxylic acids is 1. The second kappa shape index (κ2) is 5.66. The number of carbonyl (C=O) groups is 2. The van der Waals surface area contributed by atoms with Crippen LogP contribution in [0.15, 0.2) is 0 Å². The van der Waals surface area contributed by atoms with E-state index in [1.165, 1.54) is 6.92 Å². The van der Waals surface area contributed by atoms with Crippen molar-refractivity contribution in [1.82, 2.24) is 20.7 Å². The molecule has 1 aliphatic rings. The van der Waals surface area contributed by atoms with Crippen molar-refractivity contribution >= 4 is 12.0 Å². The summed E-state index contributed by atoms with van der Waals surface area (Å²) in [5, 5.41) is 12.7. The van der Waals surface area contributed by atoms with Crippen molar-refractivity contribution in [1.29, 1.82) is 0 Å². The first-order valence-electron chi connectivity index (χ1n) is 5.22. The minimum atomic E-state index is -1.05. The largest absolute Gasteiger partial charge is 0.480 e. The van der Waals surface area contributed by atoms with Gasteiger partial charge in [-0.2, -0.15) is 0 Å². The molecule has 0 aromatic rings. The van der Waals surface area contributed by atoms with E-state index >= 15 is 0 Å². The topological polar surface area (TPSA) is 84.9 Å². The van der Waals surface area contributed by atoms with Crippen LogP contribution in [0.4, 0.5) is 4.79 Å². The molecule has 16 heavy (non-hydrogen) atoms. The van der Waals surface area contributed by atoms with Crippen molar-refractivity contribution in [2.45, 2.75) is 13.0 Å². The van der Waals surface area contributed by atoms with Gasteiger partial charge in [0.2, 0.25) is 0 Å². The van der Waals surface area contributed by atoms with Crippen molar-refractivity contribution in [2.75, 3.05) is 33.2 Å². The number of carboxylic acid groups (broad SMARTS) is 1. The number of aliphatic carboxylic acids is 1. The summed E-state index contributed by atoms with van der Waals surface area (Å²) in [6, 6.07) is -1.35. The van der Waals surface area contributed by atoms with Crippen LogP contribution in [0.2, 0.25) is 0 Å². The third kappa shape index (κ3) is 4.03. The summed E-state index contributed by atoms with van der Waals surface area (Å²) in [6.45, 7) is 4.67. The van der Waals surface area contributed by atoms with E-state index in [1.54, 1.807) is 5.01 Å². The number of amides is 2. The fraction of sp³-hybridized carbons (Fsp3) is 0.778. The van der Waals surface area contributed by atoms with Gasteiger partial charge in [0.05, 0.1) is 0 Å². The van der Waals surface area contributed by atoms with Crippen LogP contribution in [-0.2, 0) is 4.79 Å². The highest BCUT2D eigenvalue weighted by molar-refractivity contribution is 5.81. The van der Waals surface area contributed by atoms with Gasteiger partial charge < -0.3 is 15.3 Å². The number of rotatable bonds is 3. The van der Waals surface area contributed by atoms with E-state index < -0.39 is 18.0 Å². The molecule has 1 atom stereocenters. The lowest BCUT2D eigenvalue weighted by Crippen LogP contribution is -2.56. The van der Waals surface area contributed by atoms with Gasteiger partial charge in [0.25, 0.3) is 0 Å². The van der Waals surface area contributed by atoms with Crippen LogP contribution in [0.3, 0.4) is 0 Å². The first-order valence-corrected chi connectivity index (χ1v) is 5.22. The maximum atomic E-state index is 11.4. The Morgan fingerprint density at radius 3 is 2.31 bits per heavy atom. The Labute approximate surface area is 94.4 Å². The van der Waals surface area contributed by atoms with Crippen LogP contribution in [0.1, 0.15) is 6.92 Å². The van der Waals surface area contributed by atoms with Crippen LogP contribution < -0.4 is 10.7 Å². The number of hydrogen-bond donors (Lipinski definition) is 3. The van der Waals surface area contributed by atoms with Gasteiger partial charge in [0, 0.05) is 26.2 Å². The summed E-state index contributed by atoms with van der Waals surface area (Å²) in [6.07, 6.45) is 0. The molecule has 2 amide bonds. The molecule has 1 fully saturated rings. The average molecular weight is 230 g/mol. The second-order valence-corrected chi connectivity index (χ2v) is 3.94. The van der Waals surface area contributed by atoms with Gasteiger partial charge in [-0.1, -0.05) is 0 Å². The van der Waals surface area contributed by atoms with E-state index in [0.29, 0.717) is 0 Å². The summed E-state index contributed by atoms with van der Waals surface area (Å²) < 4.78 is 0. The molecule has 0 saturated carbocycles. The van der Waals surface area contributed by atoms with Gasteiger partial charge >= 0.3 is 12.0 Å². The predicted molar refractivity (Wildman–Crippen MR) is 57.8 cm³/mol. The maximum Gasteiger partial charge on any atom is 0.330 e. The fourth-order valence-electron chi connectivity index (χ4n) is 1.35. The Balaban J connectivity index is 2.26. The molecule has 1 heterocycles. The summed E-state index contributed by atoms with van der Waals surface area (Å²) in [4.78, 5) is 24.0. The van der Waals surface area contributed by atoms with Crippen LogP contribution in [-0.4, -0.2) is 66.3 Å². The SMILES string of the molecule is C[C@H](NC(=O)NN1CCN(C)CC1)C(=O)O. The number of piperazine rings is 1. The van der Waals surface area contributed by atoms with Crippen LogP contribution in [0.5, 0.6) is 0 Å². The molecule has 3 N–H and O–H groups in total. The van der Waals surface area contributed by atoms with Gasteiger partial charge in [0.1, 0.15) is 6.04 Å². The van der Waals surface area contributed by atoms with E-state index in [-0.39, 0.29) is 0 Å². The summed E-state index contributed by atoms with van der Waals surface area (Å²) in [5.74, 6) is -1.05. The highest BCUT2D eigenvalue weighted by atomic mass is 16.4. The molecule has 0 bridgehead atoms. The highest BCUT2D eigenvalue weighted by Crippen LogP contribution is 1.95. The molecule has 92 valence electrons. The van der Waals surface area contributed by atoms with E-state index in [2.05, 4.69) is 15.6 Å². The van der Waals surface area contributed by atoms with E-state index in [0.717, 1.165) is 26.2 Å². The van der Waals surface area contributed by atoms with Crippen molar-refractivity contribution in [2.24, 2.45) is 0 Å². The van der Waals surface area contributed by atoms with Gasteiger partial charge in [-0.05, 0) is 14.0 Å². The number of urea groups is 1. The lowest BCUT2D eigenvalue weighted by Gasteiger charge is -2.32. The highest BCUT2D eigenvalue weighted by Gasteiger charge is 2.18. The number of nitrogens with zero attached hydrogens (tertiary/aromatic N) is 2. The van der Waals surface area contributed by atoms with Crippen molar-refractivity contribution < 1.29 is 14.7 Å². The Bertz CT molecular complexity index is 263. The zero-order valence-electron chi connectivity index (χ0n) is 9.56. The molecular formula is C9H18N4O3. The first-order chi connectivity index (χ1) is 7.49. The van der Waals surface area contributed by atoms with Gasteiger partial charge in [-0.3, -0.25) is 10.2 Å². The van der Waals surface area contributed by atoms with Gasteiger partial charge in [-0.15, -0.1) is 0 Å². The lowest BCUT2D eigenvalue weighted by atomic mass is 10.3. The molecule has 0 radical (unpaired) electrons. The van der Waals surface area contributed by atoms with Crippen molar-refractivity contribution in [3.8, 4) is 0 Å². The number of likely N-dealkylation sites (N-methyl/N-ethyl adjacent to an activating group) is 1. The van der Waals surface area contributed by atoms with E-state index in [9.17, 15) is 9.59 Å². The van der Waals surface area contributed by atoms with E-state index in [4.69, 9.17) is 5.11 Å². The molecule has 7 heteroatoms. The van der Waals surface area contributed by atoms with Crippen LogP contribution >= 0.6 is 0 Å². The Morgan fingerprint density at radius 2 is 1.81 bits per heavy atom. The Hall–Kier alpha value is -1.34. The van der Waals surface area contributed by atoms with Crippen LogP contribution in [0, 0.1) is 0 Å². The summed E-state index contributed by atoms with van der Waals surface area (Å²) in [5.41, 5.74) is 2.62. The molecule has 7 nitrogen and oxygen atoms in total. The smallest absolute Gasteiger partial charge is 0.330 e. The van der Waals surface area contributed by atoms with Crippen LogP contribution in [0.25, 0.3) is 0 Å². The molecule has 1 aliphatic heterocycles. The second-order valence-electron chi connectivity index (χ2n) is 3.94. The number of hydrazine groups is 1. The minimum absolute atomic E-state index is 0.473. The average Bonchev–Trinajstić information content (AvgIpc) is 2.21. The zero-order chi connectivity index (χ0) is 12.1. The molecule has 0 aromatic carbocycles. The Kier molecular flexibility index (Phi) is 4.51. The molecular weight excluding hydrogens is 212 g/mol. The number of hydrogen-bond acceptors (Lipinski definition) is 4.